The van der Waals surface area contributed by atoms with Crippen LogP contribution in [-0.4, -0.2) is 96.5 Å². The second-order valence-electron chi connectivity index (χ2n) is 10.3. The molecule has 2 aromatic rings. The van der Waals surface area contributed by atoms with Crippen LogP contribution >= 0.6 is 0 Å². The molecule has 4 rings (SSSR count). The summed E-state index contributed by atoms with van der Waals surface area (Å²) in [5.74, 6) is -1.46. The first-order chi connectivity index (χ1) is 19.3. The highest BCUT2D eigenvalue weighted by atomic mass is 16.5. The maximum Gasteiger partial charge on any atom is 0.317 e. The molecular formula is C28H37N5O7. The van der Waals surface area contributed by atoms with Crippen LogP contribution in [0.2, 0.25) is 0 Å². The van der Waals surface area contributed by atoms with Gasteiger partial charge in [-0.3, -0.25) is 34.2 Å². The highest BCUT2D eigenvalue weighted by molar-refractivity contribution is 5.86. The third kappa shape index (κ3) is 4.74. The number of aromatic nitrogens is 2. The Morgan fingerprint density at radius 1 is 1.02 bits per heavy atom. The quantitative estimate of drug-likeness (QED) is 0.174. The van der Waals surface area contributed by atoms with E-state index in [0.717, 1.165) is 0 Å². The van der Waals surface area contributed by atoms with Crippen LogP contribution < -0.4 is 5.73 Å². The number of nitrogens with two attached hydrogens (primary N) is 1. The van der Waals surface area contributed by atoms with Crippen LogP contribution in [0.5, 0.6) is 0 Å². The summed E-state index contributed by atoms with van der Waals surface area (Å²) in [5.41, 5.74) is 3.23. The van der Waals surface area contributed by atoms with Crippen molar-refractivity contribution in [1.82, 2.24) is 19.8 Å². The number of carbonyl (C=O) groups excluding carboxylic acids is 3. The Labute approximate surface area is 233 Å². The Morgan fingerprint density at radius 2 is 1.55 bits per heavy atom. The van der Waals surface area contributed by atoms with Crippen molar-refractivity contribution >= 4 is 18.4 Å². The van der Waals surface area contributed by atoms with Gasteiger partial charge in [-0.15, -0.1) is 0 Å². The number of methoxy groups -OCH3 is 2. The molecular weight excluding hydrogens is 518 g/mol. The zero-order valence-corrected chi connectivity index (χ0v) is 23.0. The zero-order chi connectivity index (χ0) is 28.9. The van der Waals surface area contributed by atoms with E-state index < -0.39 is 47.2 Å². The van der Waals surface area contributed by atoms with Crippen molar-refractivity contribution in [3.63, 3.8) is 0 Å². The number of ether oxygens (including phenoxy) is 3. The molecule has 2 bridgehead atoms. The topological polar surface area (TPSA) is 157 Å². The number of fused-ring (bicyclic) bond motifs is 2. The minimum Gasteiger partial charge on any atom is -0.468 e. The zero-order valence-electron chi connectivity index (χ0n) is 23.0. The number of piperidine rings is 2. The molecule has 0 aromatic carbocycles. The average Bonchev–Trinajstić information content (AvgIpc) is 2.98. The van der Waals surface area contributed by atoms with Gasteiger partial charge in [-0.2, -0.15) is 0 Å². The molecule has 216 valence electrons. The Morgan fingerprint density at radius 3 is 1.95 bits per heavy atom. The fourth-order valence-electron chi connectivity index (χ4n) is 6.75. The fraction of sp³-hybridized carbons (Fsp3) is 0.536. The first-order valence-corrected chi connectivity index (χ1v) is 13.2. The van der Waals surface area contributed by atoms with Crippen molar-refractivity contribution in [3.8, 4) is 0 Å². The molecule has 0 amide bonds. The summed E-state index contributed by atoms with van der Waals surface area (Å²) in [6.07, 6.45) is 2.55. The molecule has 0 aliphatic carbocycles. The van der Waals surface area contributed by atoms with E-state index in [0.29, 0.717) is 43.7 Å². The maximum absolute atomic E-state index is 14.0. The number of unbranched alkanes of at least 4 members (excludes halogenated alkanes) is 1. The van der Waals surface area contributed by atoms with Crippen molar-refractivity contribution in [1.29, 1.82) is 0 Å². The van der Waals surface area contributed by atoms with E-state index in [1.165, 1.54) is 14.2 Å². The van der Waals surface area contributed by atoms with E-state index in [-0.39, 0.29) is 13.1 Å². The Bertz CT molecular complexity index is 1090. The molecule has 2 aliphatic heterocycles. The third-order valence-electron chi connectivity index (χ3n) is 8.29. The Hall–Kier alpha value is -3.45. The number of hydrogen-bond acceptors (Lipinski definition) is 12. The molecule has 0 saturated carbocycles. The van der Waals surface area contributed by atoms with Crippen LogP contribution in [-0.2, 0) is 28.6 Å². The van der Waals surface area contributed by atoms with E-state index >= 15 is 0 Å². The standard InChI is InChI=1S/C28H37N5O7/c1-32-22(19-10-5-8-14-30-19)27(25(36)38-2)16-33(21(40-18-34)12-4-7-13-29)17-28(24(27)35,26(37)39-3)23(32)20-11-6-9-15-31-20/h5-6,8-11,14-15,18,21-24,35H,4,7,12-13,16-17,29H2,1-3H3/t21-,22-,23+,24?,27?,28?/m1/s1. The molecule has 3 unspecified atom stereocenters. The van der Waals surface area contributed by atoms with Gasteiger partial charge in [-0.1, -0.05) is 12.1 Å². The fourth-order valence-corrected chi connectivity index (χ4v) is 6.75. The van der Waals surface area contributed by atoms with Crippen LogP contribution in [0.25, 0.3) is 0 Å². The minimum atomic E-state index is -1.73. The van der Waals surface area contributed by atoms with Crippen molar-refractivity contribution in [2.45, 2.75) is 43.7 Å². The number of rotatable bonds is 11. The number of carbonyl (C=O) groups is 3. The Balaban J connectivity index is 2.02. The molecule has 12 heteroatoms. The first-order valence-electron chi connectivity index (χ1n) is 13.2. The van der Waals surface area contributed by atoms with E-state index in [4.69, 9.17) is 19.9 Å². The Kier molecular flexibility index (Phi) is 9.14. The molecule has 6 atom stereocenters. The minimum absolute atomic E-state index is 0.0821. The third-order valence-corrected chi connectivity index (χ3v) is 8.29. The van der Waals surface area contributed by atoms with E-state index in [2.05, 4.69) is 9.97 Å². The second-order valence-corrected chi connectivity index (χ2v) is 10.3. The van der Waals surface area contributed by atoms with Crippen LogP contribution in [0.3, 0.4) is 0 Å². The lowest BCUT2D eigenvalue weighted by Crippen LogP contribution is -2.78. The van der Waals surface area contributed by atoms with Gasteiger partial charge >= 0.3 is 11.9 Å². The molecule has 12 nitrogen and oxygen atoms in total. The highest BCUT2D eigenvalue weighted by Crippen LogP contribution is 2.62. The number of likely N-dealkylation sites (tertiary alicyclic amines) is 2. The number of aliphatic hydroxyl groups is 1. The van der Waals surface area contributed by atoms with Crippen molar-refractivity contribution < 1.29 is 33.7 Å². The molecule has 2 saturated heterocycles. The molecule has 0 radical (unpaired) electrons. The predicted molar refractivity (Wildman–Crippen MR) is 142 cm³/mol. The molecule has 3 N–H and O–H groups in total. The van der Waals surface area contributed by atoms with E-state index in [1.807, 2.05) is 4.90 Å². The summed E-state index contributed by atoms with van der Waals surface area (Å²) < 4.78 is 16.2. The van der Waals surface area contributed by atoms with Gasteiger partial charge in [-0.25, -0.2) is 0 Å². The normalized spacial score (nSPS) is 29.3. The summed E-state index contributed by atoms with van der Waals surface area (Å²) in [7, 11) is 4.25. The summed E-state index contributed by atoms with van der Waals surface area (Å²) >= 11 is 0. The van der Waals surface area contributed by atoms with Crippen molar-refractivity contribution in [2.75, 3.05) is 40.9 Å². The maximum atomic E-state index is 14.0. The van der Waals surface area contributed by atoms with Gasteiger partial charge in [0.1, 0.15) is 10.8 Å². The number of hydrogen-bond donors (Lipinski definition) is 2. The molecule has 0 spiro atoms. The molecule has 2 aromatic heterocycles. The number of pyridine rings is 2. The van der Waals surface area contributed by atoms with Gasteiger partial charge in [0, 0.05) is 25.5 Å². The van der Waals surface area contributed by atoms with Crippen LogP contribution in [0.15, 0.2) is 48.8 Å². The SMILES string of the molecule is COC(=O)C12CN([C@@H](CCCCN)OC=O)CC(C(=O)OC)(C1O)[C@@H](c1ccccn1)N(C)[C@H]2c1ccccn1. The lowest BCUT2D eigenvalue weighted by atomic mass is 9.53. The number of nitrogens with zero attached hydrogens (tertiary/aromatic N) is 4. The smallest absolute Gasteiger partial charge is 0.317 e. The molecule has 2 aliphatic rings. The number of esters is 2. The lowest BCUT2D eigenvalue weighted by Gasteiger charge is -2.64. The average molecular weight is 556 g/mol. The van der Waals surface area contributed by atoms with E-state index in [1.54, 1.807) is 60.7 Å². The van der Waals surface area contributed by atoms with Gasteiger partial charge in [-0.05, 0) is 57.1 Å². The van der Waals surface area contributed by atoms with Gasteiger partial charge in [0.25, 0.3) is 6.47 Å². The van der Waals surface area contributed by atoms with E-state index in [9.17, 15) is 19.5 Å². The van der Waals surface area contributed by atoms with Gasteiger partial charge < -0.3 is 25.1 Å². The largest absolute Gasteiger partial charge is 0.468 e. The van der Waals surface area contributed by atoms with Crippen molar-refractivity contribution in [2.24, 2.45) is 16.6 Å². The van der Waals surface area contributed by atoms with Crippen LogP contribution in [0.4, 0.5) is 0 Å². The van der Waals surface area contributed by atoms with Crippen LogP contribution in [0, 0.1) is 10.8 Å². The van der Waals surface area contributed by atoms with Gasteiger partial charge in [0.15, 0.2) is 6.23 Å². The first kappa shape index (κ1) is 29.5. The van der Waals surface area contributed by atoms with Crippen LogP contribution in [0.1, 0.15) is 42.7 Å². The predicted octanol–water partition coefficient (Wildman–Crippen LogP) is 0.828. The van der Waals surface area contributed by atoms with Gasteiger partial charge in [0.05, 0.1) is 43.8 Å². The molecule has 2 fully saturated rings. The lowest BCUT2D eigenvalue weighted by molar-refractivity contribution is -0.260. The highest BCUT2D eigenvalue weighted by Gasteiger charge is 2.75. The monoisotopic (exact) mass is 555 g/mol. The second kappa shape index (κ2) is 12.4. The summed E-state index contributed by atoms with van der Waals surface area (Å²) in [6, 6.07) is 8.89. The van der Waals surface area contributed by atoms with Crippen molar-refractivity contribution in [3.05, 3.63) is 60.2 Å². The summed E-state index contributed by atoms with van der Waals surface area (Å²) in [5, 5.41) is 12.4. The summed E-state index contributed by atoms with van der Waals surface area (Å²) in [4.78, 5) is 52.3. The molecule has 40 heavy (non-hydrogen) atoms. The molecule has 4 heterocycles. The van der Waals surface area contributed by atoms with Gasteiger partial charge in [0.2, 0.25) is 0 Å². The number of aliphatic hydroxyl groups excluding tert-OH is 1. The summed E-state index contributed by atoms with van der Waals surface area (Å²) in [6.45, 7) is 0.642.